The maximum absolute atomic E-state index is 5.68. The fourth-order valence-corrected chi connectivity index (χ4v) is 2.85. The molecule has 0 N–H and O–H groups in total. The van der Waals surface area contributed by atoms with E-state index in [0.29, 0.717) is 5.88 Å². The first kappa shape index (κ1) is 10.2. The van der Waals surface area contributed by atoms with Crippen LogP contribution < -0.4 is 4.90 Å². The van der Waals surface area contributed by atoms with Gasteiger partial charge in [0.25, 0.3) is 0 Å². The average molecular weight is 231 g/mol. The molecule has 78 valence electrons. The van der Waals surface area contributed by atoms with Crippen LogP contribution in [0.5, 0.6) is 0 Å². The number of rotatable bonds is 3. The Kier molecular flexibility index (Phi) is 3.29. The molecule has 1 atom stereocenters. The van der Waals surface area contributed by atoms with Crippen molar-refractivity contribution in [3.8, 4) is 0 Å². The summed E-state index contributed by atoms with van der Waals surface area (Å²) in [6.45, 7) is 4.62. The Morgan fingerprint density at radius 1 is 1.71 bits per heavy atom. The summed E-state index contributed by atoms with van der Waals surface area (Å²) < 4.78 is 0. The van der Waals surface area contributed by atoms with Crippen LogP contribution in [0.3, 0.4) is 0 Å². The quantitative estimate of drug-likeness (QED) is 0.743. The molecule has 0 aromatic carbocycles. The van der Waals surface area contributed by atoms with Gasteiger partial charge in [-0.15, -0.1) is 22.9 Å². The highest BCUT2D eigenvalue weighted by molar-refractivity contribution is 7.13. The topological polar surface area (TPSA) is 16.1 Å². The van der Waals surface area contributed by atoms with Crippen molar-refractivity contribution in [3.63, 3.8) is 0 Å². The minimum absolute atomic E-state index is 0.666. The number of thiazole rings is 1. The van der Waals surface area contributed by atoms with Crippen molar-refractivity contribution >= 4 is 28.1 Å². The zero-order valence-corrected chi connectivity index (χ0v) is 9.94. The van der Waals surface area contributed by atoms with Gasteiger partial charge in [-0.3, -0.25) is 0 Å². The highest BCUT2D eigenvalue weighted by atomic mass is 35.5. The van der Waals surface area contributed by atoms with Crippen LogP contribution in [0.1, 0.15) is 19.0 Å². The van der Waals surface area contributed by atoms with Crippen molar-refractivity contribution < 1.29 is 0 Å². The smallest absolute Gasteiger partial charge is 0.185 e. The lowest BCUT2D eigenvalue weighted by Gasteiger charge is -2.13. The van der Waals surface area contributed by atoms with Crippen LogP contribution in [-0.2, 0) is 6.42 Å². The molecule has 0 spiro atoms. The number of aryl methyl sites for hydroxylation is 1. The van der Waals surface area contributed by atoms with E-state index < -0.39 is 0 Å². The Morgan fingerprint density at radius 2 is 2.57 bits per heavy atom. The molecule has 2 rings (SSSR count). The van der Waals surface area contributed by atoms with Gasteiger partial charge >= 0.3 is 0 Å². The van der Waals surface area contributed by atoms with Crippen LogP contribution >= 0.6 is 22.9 Å². The van der Waals surface area contributed by atoms with Crippen LogP contribution in [-0.4, -0.2) is 24.0 Å². The highest BCUT2D eigenvalue weighted by Gasteiger charge is 2.20. The summed E-state index contributed by atoms with van der Waals surface area (Å²) in [4.78, 5) is 6.96. The number of aromatic nitrogens is 1. The third kappa shape index (κ3) is 2.20. The third-order valence-corrected chi connectivity index (χ3v) is 3.72. The molecule has 1 unspecified atom stereocenters. The first-order valence-corrected chi connectivity index (χ1v) is 6.46. The molecule has 2 heterocycles. The summed E-state index contributed by atoms with van der Waals surface area (Å²) in [6, 6.07) is 0. The average Bonchev–Trinajstić information content (AvgIpc) is 2.74. The van der Waals surface area contributed by atoms with E-state index in [1.807, 2.05) is 0 Å². The molecule has 0 radical (unpaired) electrons. The van der Waals surface area contributed by atoms with Crippen molar-refractivity contribution in [2.45, 2.75) is 19.8 Å². The van der Waals surface area contributed by atoms with E-state index >= 15 is 0 Å². The van der Waals surface area contributed by atoms with Gasteiger partial charge < -0.3 is 4.90 Å². The molecule has 1 fully saturated rings. The summed E-state index contributed by atoms with van der Waals surface area (Å²) in [5, 5.41) is 3.30. The van der Waals surface area contributed by atoms with Crippen molar-refractivity contribution in [1.29, 1.82) is 0 Å². The molecular formula is C10H15ClN2S. The van der Waals surface area contributed by atoms with Gasteiger partial charge in [0.05, 0.1) is 5.69 Å². The van der Waals surface area contributed by atoms with E-state index in [-0.39, 0.29) is 0 Å². The summed E-state index contributed by atoms with van der Waals surface area (Å²) in [5.74, 6) is 1.48. The maximum Gasteiger partial charge on any atom is 0.185 e. The second-order valence-corrected chi connectivity index (χ2v) is 5.11. The monoisotopic (exact) mass is 230 g/mol. The van der Waals surface area contributed by atoms with Crippen molar-refractivity contribution in [1.82, 2.24) is 4.98 Å². The molecule has 0 saturated carbocycles. The van der Waals surface area contributed by atoms with E-state index in [4.69, 9.17) is 11.6 Å². The summed E-state index contributed by atoms with van der Waals surface area (Å²) in [7, 11) is 0. The molecule has 1 aromatic rings. The van der Waals surface area contributed by atoms with Crippen LogP contribution in [0, 0.1) is 5.92 Å². The lowest BCUT2D eigenvalue weighted by atomic mass is 10.2. The van der Waals surface area contributed by atoms with Crippen molar-refractivity contribution in [2.24, 2.45) is 5.92 Å². The lowest BCUT2D eigenvalue weighted by molar-refractivity contribution is 0.659. The van der Waals surface area contributed by atoms with E-state index in [1.54, 1.807) is 11.3 Å². The summed E-state index contributed by atoms with van der Waals surface area (Å²) >= 11 is 7.42. The largest absolute Gasteiger partial charge is 0.348 e. The molecule has 0 amide bonds. The molecule has 1 aliphatic heterocycles. The van der Waals surface area contributed by atoms with E-state index in [9.17, 15) is 0 Å². The predicted octanol–water partition coefficient (Wildman–Crippen LogP) is 2.77. The standard InChI is InChI=1S/C10H15ClN2S/c1-8-3-5-13(6-8)10-12-9(2-4-11)7-14-10/h7-8H,2-6H2,1H3. The number of halogens is 1. The molecule has 0 bridgehead atoms. The molecule has 1 aliphatic rings. The van der Waals surface area contributed by atoms with Crippen LogP contribution in [0.2, 0.25) is 0 Å². The molecule has 0 aliphatic carbocycles. The maximum atomic E-state index is 5.68. The first-order valence-electron chi connectivity index (χ1n) is 5.05. The Morgan fingerprint density at radius 3 is 3.21 bits per heavy atom. The Balaban J connectivity index is 2.02. The van der Waals surface area contributed by atoms with Gasteiger partial charge in [-0.25, -0.2) is 4.98 Å². The van der Waals surface area contributed by atoms with Crippen LogP contribution in [0.15, 0.2) is 5.38 Å². The Hall–Kier alpha value is -0.280. The normalized spacial score (nSPS) is 21.9. The molecule has 1 aromatic heterocycles. The molecular weight excluding hydrogens is 216 g/mol. The number of alkyl halides is 1. The summed E-state index contributed by atoms with van der Waals surface area (Å²) in [5.41, 5.74) is 1.14. The van der Waals surface area contributed by atoms with Crippen LogP contribution in [0.4, 0.5) is 5.13 Å². The summed E-state index contributed by atoms with van der Waals surface area (Å²) in [6.07, 6.45) is 2.19. The third-order valence-electron chi connectivity index (χ3n) is 2.58. The van der Waals surface area contributed by atoms with Crippen LogP contribution in [0.25, 0.3) is 0 Å². The number of nitrogens with zero attached hydrogens (tertiary/aromatic N) is 2. The number of anilines is 1. The zero-order chi connectivity index (χ0) is 9.97. The van der Waals surface area contributed by atoms with E-state index in [0.717, 1.165) is 31.1 Å². The van der Waals surface area contributed by atoms with Crippen molar-refractivity contribution in [3.05, 3.63) is 11.1 Å². The molecule has 14 heavy (non-hydrogen) atoms. The van der Waals surface area contributed by atoms with E-state index in [1.165, 1.54) is 11.6 Å². The van der Waals surface area contributed by atoms with Gasteiger partial charge in [0, 0.05) is 30.8 Å². The fraction of sp³-hybridized carbons (Fsp3) is 0.700. The molecule has 4 heteroatoms. The first-order chi connectivity index (χ1) is 6.79. The SMILES string of the molecule is CC1CCN(c2nc(CCCl)cs2)C1. The van der Waals surface area contributed by atoms with E-state index in [2.05, 4.69) is 22.2 Å². The number of hydrogen-bond acceptors (Lipinski definition) is 3. The van der Waals surface area contributed by atoms with Gasteiger partial charge in [-0.05, 0) is 12.3 Å². The zero-order valence-electron chi connectivity index (χ0n) is 8.37. The predicted molar refractivity (Wildman–Crippen MR) is 62.5 cm³/mol. The second-order valence-electron chi connectivity index (χ2n) is 3.90. The van der Waals surface area contributed by atoms with Gasteiger partial charge in [0.1, 0.15) is 0 Å². The second kappa shape index (κ2) is 4.49. The Bertz CT molecular complexity index is 300. The minimum atomic E-state index is 0.666. The minimum Gasteiger partial charge on any atom is -0.348 e. The lowest BCUT2D eigenvalue weighted by Crippen LogP contribution is -2.18. The van der Waals surface area contributed by atoms with Gasteiger partial charge in [0.15, 0.2) is 5.13 Å². The van der Waals surface area contributed by atoms with Crippen molar-refractivity contribution in [2.75, 3.05) is 23.9 Å². The van der Waals surface area contributed by atoms with Gasteiger partial charge in [-0.2, -0.15) is 0 Å². The highest BCUT2D eigenvalue weighted by Crippen LogP contribution is 2.26. The molecule has 2 nitrogen and oxygen atoms in total. The van der Waals surface area contributed by atoms with Gasteiger partial charge in [0.2, 0.25) is 0 Å². The fourth-order valence-electron chi connectivity index (χ4n) is 1.76. The molecule has 1 saturated heterocycles. The number of hydrogen-bond donors (Lipinski definition) is 0. The Labute approximate surface area is 93.9 Å². The van der Waals surface area contributed by atoms with Gasteiger partial charge in [-0.1, -0.05) is 6.92 Å².